The highest BCUT2D eigenvalue weighted by atomic mass is 32.2. The molecule has 174 valence electrons. The maximum absolute atomic E-state index is 12.9. The van der Waals surface area contributed by atoms with Gasteiger partial charge in [0.25, 0.3) is 5.91 Å². The van der Waals surface area contributed by atoms with Gasteiger partial charge in [-0.1, -0.05) is 49.1 Å². The van der Waals surface area contributed by atoms with Gasteiger partial charge in [0.15, 0.2) is 0 Å². The van der Waals surface area contributed by atoms with Crippen molar-refractivity contribution in [3.63, 3.8) is 0 Å². The van der Waals surface area contributed by atoms with Crippen LogP contribution in [0.25, 0.3) is 0 Å². The molecule has 2 heterocycles. The van der Waals surface area contributed by atoms with E-state index in [9.17, 15) is 13.2 Å². The molecule has 1 aromatic heterocycles. The Hall–Kier alpha value is -3.04. The average molecular weight is 469 g/mol. The number of amides is 1. The van der Waals surface area contributed by atoms with E-state index < -0.39 is 15.9 Å². The zero-order valence-electron chi connectivity index (χ0n) is 18.7. The minimum atomic E-state index is -3.56. The summed E-state index contributed by atoms with van der Waals surface area (Å²) in [5.74, 6) is -0.0512. The summed E-state index contributed by atoms with van der Waals surface area (Å²) in [6.07, 6.45) is 5.28. The van der Waals surface area contributed by atoms with Crippen molar-refractivity contribution in [2.75, 3.05) is 18.4 Å². The fraction of sp³-hybridized carbons (Fsp3) is 0.375. The van der Waals surface area contributed by atoms with Crippen LogP contribution >= 0.6 is 0 Å². The Labute approximate surface area is 194 Å². The molecule has 33 heavy (non-hydrogen) atoms. The van der Waals surface area contributed by atoms with E-state index in [1.54, 1.807) is 0 Å². The molecule has 1 N–H and O–H groups in total. The molecular weight excluding hydrogens is 440 g/mol. The van der Waals surface area contributed by atoms with Crippen LogP contribution in [0.15, 0.2) is 57.8 Å². The van der Waals surface area contributed by atoms with Gasteiger partial charge >= 0.3 is 6.01 Å². The van der Waals surface area contributed by atoms with Crippen molar-refractivity contribution in [2.24, 2.45) is 0 Å². The number of nitrogens with one attached hydrogen (secondary N) is 1. The summed E-state index contributed by atoms with van der Waals surface area (Å²) >= 11 is 0. The highest BCUT2D eigenvalue weighted by Crippen LogP contribution is 2.21. The fourth-order valence-electron chi connectivity index (χ4n) is 3.82. The summed E-state index contributed by atoms with van der Waals surface area (Å²) in [4.78, 5) is 12.8. The molecule has 2 aromatic carbocycles. The van der Waals surface area contributed by atoms with Gasteiger partial charge in [0, 0.05) is 18.7 Å². The number of carbonyl (C=O) groups excluding carboxylic acids is 1. The summed E-state index contributed by atoms with van der Waals surface area (Å²) in [7, 11) is -3.56. The van der Waals surface area contributed by atoms with E-state index in [2.05, 4.69) is 34.6 Å². The summed E-state index contributed by atoms with van der Waals surface area (Å²) < 4.78 is 32.9. The van der Waals surface area contributed by atoms with E-state index in [1.807, 2.05) is 12.1 Å². The summed E-state index contributed by atoms with van der Waals surface area (Å²) in [6.45, 7) is 3.17. The standard InChI is InChI=1S/C24H28N4O4S/c1-2-18-7-9-19(10-8-18)17-22-26-27-24(32-22)25-23(29)20-11-13-21(14-12-20)33(30,31)28-15-5-3-4-6-16-28/h7-14H,2-6,15-17H2,1H3,(H,25,27,29). The third-order valence-corrected chi connectivity index (χ3v) is 7.71. The molecule has 0 aliphatic carbocycles. The lowest BCUT2D eigenvalue weighted by molar-refractivity contribution is 0.102. The zero-order valence-corrected chi connectivity index (χ0v) is 19.5. The van der Waals surface area contributed by atoms with Crippen LogP contribution in [0.1, 0.15) is 60.0 Å². The predicted molar refractivity (Wildman–Crippen MR) is 125 cm³/mol. The van der Waals surface area contributed by atoms with Crippen LogP contribution in [0.2, 0.25) is 0 Å². The summed E-state index contributed by atoms with van der Waals surface area (Å²) in [5.41, 5.74) is 2.59. The molecule has 8 nitrogen and oxygen atoms in total. The normalized spacial score (nSPS) is 15.2. The number of anilines is 1. The van der Waals surface area contributed by atoms with Gasteiger partial charge in [-0.3, -0.25) is 10.1 Å². The molecule has 4 rings (SSSR count). The van der Waals surface area contributed by atoms with Crippen LogP contribution in [0.3, 0.4) is 0 Å². The van der Waals surface area contributed by atoms with Gasteiger partial charge < -0.3 is 4.42 Å². The van der Waals surface area contributed by atoms with Gasteiger partial charge in [-0.15, -0.1) is 5.10 Å². The second kappa shape index (κ2) is 10.3. The number of aryl methyl sites for hydroxylation is 1. The van der Waals surface area contributed by atoms with E-state index in [4.69, 9.17) is 4.42 Å². The minimum absolute atomic E-state index is 0.00134. The maximum Gasteiger partial charge on any atom is 0.322 e. The quantitative estimate of drug-likeness (QED) is 0.561. The van der Waals surface area contributed by atoms with Crippen molar-refractivity contribution in [2.45, 2.75) is 50.3 Å². The van der Waals surface area contributed by atoms with E-state index in [1.165, 1.54) is 34.1 Å². The number of benzene rings is 2. The molecule has 1 fully saturated rings. The molecule has 1 amide bonds. The lowest BCUT2D eigenvalue weighted by atomic mass is 10.1. The van der Waals surface area contributed by atoms with E-state index in [-0.39, 0.29) is 10.9 Å². The number of hydrogen-bond donors (Lipinski definition) is 1. The molecule has 9 heteroatoms. The largest absolute Gasteiger partial charge is 0.407 e. The monoisotopic (exact) mass is 468 g/mol. The molecule has 3 aromatic rings. The molecule has 1 aliphatic heterocycles. The number of rotatable bonds is 7. The number of carbonyl (C=O) groups is 1. The summed E-state index contributed by atoms with van der Waals surface area (Å²) in [6, 6.07) is 14.1. The highest BCUT2D eigenvalue weighted by Gasteiger charge is 2.25. The smallest absolute Gasteiger partial charge is 0.322 e. The van der Waals surface area contributed by atoms with Gasteiger partial charge in [0.2, 0.25) is 15.9 Å². The van der Waals surface area contributed by atoms with Gasteiger partial charge in [0.05, 0.1) is 11.3 Å². The molecule has 1 saturated heterocycles. The third kappa shape index (κ3) is 5.66. The number of aromatic nitrogens is 2. The van der Waals surface area contributed by atoms with Crippen molar-refractivity contribution >= 4 is 21.9 Å². The molecule has 1 aliphatic rings. The Balaban J connectivity index is 1.38. The second-order valence-corrected chi connectivity index (χ2v) is 10.1. The molecule has 0 saturated carbocycles. The first-order chi connectivity index (χ1) is 16.0. The van der Waals surface area contributed by atoms with Gasteiger partial charge in [-0.25, -0.2) is 8.42 Å². The van der Waals surface area contributed by atoms with E-state index in [0.29, 0.717) is 31.0 Å². The summed E-state index contributed by atoms with van der Waals surface area (Å²) in [5, 5.41) is 10.5. The maximum atomic E-state index is 12.9. The Morgan fingerprint density at radius 1 is 0.939 bits per heavy atom. The van der Waals surface area contributed by atoms with Crippen LogP contribution in [0, 0.1) is 0 Å². The Bertz CT molecular complexity index is 1180. The second-order valence-electron chi connectivity index (χ2n) is 8.14. The van der Waals surface area contributed by atoms with Crippen LogP contribution in [-0.4, -0.2) is 41.9 Å². The van der Waals surface area contributed by atoms with Crippen LogP contribution in [0.4, 0.5) is 6.01 Å². The first kappa shape index (κ1) is 23.1. The van der Waals surface area contributed by atoms with Gasteiger partial charge in [-0.2, -0.15) is 4.31 Å². The van der Waals surface area contributed by atoms with Gasteiger partial charge in [-0.05, 0) is 54.7 Å². The molecule has 0 bridgehead atoms. The highest BCUT2D eigenvalue weighted by molar-refractivity contribution is 7.89. The Kier molecular flexibility index (Phi) is 7.20. The lowest BCUT2D eigenvalue weighted by Crippen LogP contribution is -2.31. The van der Waals surface area contributed by atoms with E-state index in [0.717, 1.165) is 37.7 Å². The van der Waals surface area contributed by atoms with Crippen LogP contribution < -0.4 is 5.32 Å². The minimum Gasteiger partial charge on any atom is -0.407 e. The van der Waals surface area contributed by atoms with E-state index >= 15 is 0 Å². The number of sulfonamides is 1. The molecule has 0 radical (unpaired) electrons. The third-order valence-electron chi connectivity index (χ3n) is 5.79. The average Bonchev–Trinajstić information content (AvgIpc) is 3.08. The fourth-order valence-corrected chi connectivity index (χ4v) is 5.34. The van der Waals surface area contributed by atoms with Gasteiger partial charge in [0.1, 0.15) is 0 Å². The van der Waals surface area contributed by atoms with Crippen LogP contribution in [-0.2, 0) is 22.9 Å². The van der Waals surface area contributed by atoms with Crippen molar-refractivity contribution in [3.8, 4) is 0 Å². The van der Waals surface area contributed by atoms with Crippen molar-refractivity contribution in [1.82, 2.24) is 14.5 Å². The molecule has 0 atom stereocenters. The SMILES string of the molecule is CCc1ccc(Cc2nnc(NC(=O)c3ccc(S(=O)(=O)N4CCCCCC4)cc3)o2)cc1. The molecule has 0 spiro atoms. The first-order valence-electron chi connectivity index (χ1n) is 11.3. The number of nitrogens with zero attached hydrogens (tertiary/aromatic N) is 3. The van der Waals surface area contributed by atoms with Crippen molar-refractivity contribution in [1.29, 1.82) is 0 Å². The van der Waals surface area contributed by atoms with Crippen molar-refractivity contribution in [3.05, 3.63) is 71.1 Å². The molecule has 0 unspecified atom stereocenters. The lowest BCUT2D eigenvalue weighted by Gasteiger charge is -2.19. The predicted octanol–water partition coefficient (Wildman–Crippen LogP) is 4.04. The Morgan fingerprint density at radius 2 is 1.58 bits per heavy atom. The van der Waals surface area contributed by atoms with Crippen LogP contribution in [0.5, 0.6) is 0 Å². The topological polar surface area (TPSA) is 105 Å². The first-order valence-corrected chi connectivity index (χ1v) is 12.7. The van der Waals surface area contributed by atoms with Crippen molar-refractivity contribution < 1.29 is 17.6 Å². The zero-order chi connectivity index (χ0) is 23.3. The number of hydrogen-bond acceptors (Lipinski definition) is 6. The Morgan fingerprint density at radius 3 is 2.21 bits per heavy atom. The molecular formula is C24H28N4O4S.